The van der Waals surface area contributed by atoms with E-state index in [-0.39, 0.29) is 47.4 Å². The number of nitrogen functional groups attached to an aromatic ring is 1. The summed E-state index contributed by atoms with van der Waals surface area (Å²) in [6, 6.07) is 6.73. The predicted octanol–water partition coefficient (Wildman–Crippen LogP) is 4.41. The predicted molar refractivity (Wildman–Crippen MR) is 169 cm³/mol. The summed E-state index contributed by atoms with van der Waals surface area (Å²) in [4.78, 5) is 29.3. The number of hydrogen-bond acceptors (Lipinski definition) is 13. The third kappa shape index (κ3) is 7.20. The van der Waals surface area contributed by atoms with E-state index in [2.05, 4.69) is 25.0 Å². The first-order valence-electron chi connectivity index (χ1n) is 15.1. The highest BCUT2D eigenvalue weighted by molar-refractivity contribution is 7.52. The number of ether oxygens (including phenoxy) is 3. The van der Waals surface area contributed by atoms with Crippen LogP contribution in [0.3, 0.4) is 0 Å². The largest absolute Gasteiger partial charge is 0.476 e. The lowest BCUT2D eigenvalue weighted by atomic mass is 9.97. The topological polar surface area (TPSA) is 195 Å². The second-order valence-electron chi connectivity index (χ2n) is 12.7. The number of hydrogen-bond donors (Lipinski definition) is 3. The summed E-state index contributed by atoms with van der Waals surface area (Å²) in [5.74, 6) is -4.29. The number of aliphatic hydroxyl groups is 1. The van der Waals surface area contributed by atoms with E-state index in [0.29, 0.717) is 10.9 Å². The van der Waals surface area contributed by atoms with Gasteiger partial charge in [0.1, 0.15) is 18.4 Å². The number of carbonyl (C=O) groups excluding carboxylic acids is 1. The zero-order chi connectivity index (χ0) is 35.1. The molecular formula is C30H38F2N7O8P. The zero-order valence-corrected chi connectivity index (χ0v) is 28.1. The Balaban J connectivity index is 1.44. The van der Waals surface area contributed by atoms with Crippen LogP contribution in [0.4, 0.5) is 14.7 Å². The van der Waals surface area contributed by atoms with Crippen LogP contribution in [0.5, 0.6) is 11.6 Å². The number of pyridine rings is 1. The Kier molecular flexibility index (Phi) is 9.65. The number of nitrogens with one attached hydrogen (secondary N) is 1. The van der Waals surface area contributed by atoms with Crippen LogP contribution in [-0.4, -0.2) is 79.1 Å². The van der Waals surface area contributed by atoms with E-state index in [4.69, 9.17) is 29.0 Å². The Morgan fingerprint density at radius 2 is 1.98 bits per heavy atom. The van der Waals surface area contributed by atoms with Gasteiger partial charge in [0, 0.05) is 11.6 Å². The number of benzene rings is 1. The van der Waals surface area contributed by atoms with Crippen molar-refractivity contribution in [2.75, 3.05) is 25.6 Å². The average molecular weight is 694 g/mol. The van der Waals surface area contributed by atoms with Gasteiger partial charge in [0.05, 0.1) is 25.1 Å². The molecule has 15 nitrogen and oxygen atoms in total. The lowest BCUT2D eigenvalue weighted by Gasteiger charge is -2.28. The molecule has 6 atom stereocenters. The molecule has 0 amide bonds. The standard InChI is InChI=1S/C30H38F2N7O8P/c1-7-43-23-21-22(36-27(33)37-23)39(16-35-21)26-29(6,31)25(41)30(32,46-26)15-45-48(42,38-17(2)24(40)44-14-28(3,4)5)47-20-12-8-11-19-18(20)10-9-13-34-19/h8-13,16-17,25-26,41H,7,14-15H2,1-6H3,(H,38,42)(H2,33,36,37)/t17?,25-,26?,29+,30+,48?/m0/s1. The maximum Gasteiger partial charge on any atom is 0.459 e. The van der Waals surface area contributed by atoms with Crippen LogP contribution < -0.4 is 20.1 Å². The molecule has 4 heterocycles. The fourth-order valence-electron chi connectivity index (χ4n) is 4.93. The van der Waals surface area contributed by atoms with E-state index in [1.165, 1.54) is 13.0 Å². The van der Waals surface area contributed by atoms with Crippen LogP contribution in [0.25, 0.3) is 22.1 Å². The quantitative estimate of drug-likeness (QED) is 0.139. The molecule has 1 aliphatic heterocycles. The molecule has 1 saturated heterocycles. The first-order valence-corrected chi connectivity index (χ1v) is 16.6. The summed E-state index contributed by atoms with van der Waals surface area (Å²) in [6.45, 7) is 8.49. The molecule has 3 unspecified atom stereocenters. The maximum absolute atomic E-state index is 16.5. The highest BCUT2D eigenvalue weighted by atomic mass is 31.2. The Morgan fingerprint density at radius 1 is 1.23 bits per heavy atom. The number of esters is 1. The number of fused-ring (bicyclic) bond motifs is 2. The van der Waals surface area contributed by atoms with Crippen molar-refractivity contribution in [2.24, 2.45) is 5.41 Å². The first kappa shape index (κ1) is 35.3. The maximum atomic E-state index is 16.5. The molecule has 260 valence electrons. The second kappa shape index (κ2) is 13.1. The molecule has 1 fully saturated rings. The van der Waals surface area contributed by atoms with Crippen LogP contribution in [-0.2, 0) is 23.4 Å². The Labute approximate surface area is 274 Å². The molecule has 0 saturated carbocycles. The summed E-state index contributed by atoms with van der Waals surface area (Å²) in [5, 5.41) is 13.8. The fraction of sp³-hybridized carbons (Fsp3) is 0.500. The van der Waals surface area contributed by atoms with Crippen LogP contribution in [0, 0.1) is 5.41 Å². The molecule has 0 aliphatic carbocycles. The molecule has 48 heavy (non-hydrogen) atoms. The molecule has 4 aromatic rings. The average Bonchev–Trinajstić information content (AvgIpc) is 3.51. The Morgan fingerprint density at radius 3 is 2.69 bits per heavy atom. The number of alkyl halides is 2. The third-order valence-corrected chi connectivity index (χ3v) is 8.89. The number of aliphatic hydroxyl groups excluding tert-OH is 1. The summed E-state index contributed by atoms with van der Waals surface area (Å²) in [7, 11) is -4.73. The van der Waals surface area contributed by atoms with Gasteiger partial charge in [-0.3, -0.25) is 18.9 Å². The normalized spacial score (nSPS) is 24.8. The van der Waals surface area contributed by atoms with Crippen molar-refractivity contribution >= 4 is 41.7 Å². The summed E-state index contributed by atoms with van der Waals surface area (Å²) >= 11 is 0. The van der Waals surface area contributed by atoms with E-state index >= 15 is 8.78 Å². The van der Waals surface area contributed by atoms with E-state index in [1.807, 2.05) is 20.8 Å². The molecule has 0 bridgehead atoms. The van der Waals surface area contributed by atoms with Gasteiger partial charge in [-0.1, -0.05) is 26.8 Å². The van der Waals surface area contributed by atoms with Crippen molar-refractivity contribution in [3.8, 4) is 11.6 Å². The molecule has 5 rings (SSSR count). The first-order chi connectivity index (χ1) is 22.5. The van der Waals surface area contributed by atoms with Crippen LogP contribution in [0.1, 0.15) is 47.8 Å². The summed E-state index contributed by atoms with van der Waals surface area (Å²) < 4.78 is 75.6. The van der Waals surface area contributed by atoms with Gasteiger partial charge in [-0.05, 0) is 50.5 Å². The number of halogens is 2. The highest BCUT2D eigenvalue weighted by Crippen LogP contribution is 2.52. The number of aromatic nitrogens is 5. The lowest BCUT2D eigenvalue weighted by molar-refractivity contribution is -0.202. The van der Waals surface area contributed by atoms with Gasteiger partial charge in [-0.2, -0.15) is 15.1 Å². The molecule has 1 aromatic carbocycles. The van der Waals surface area contributed by atoms with Gasteiger partial charge in [0.15, 0.2) is 29.2 Å². The minimum Gasteiger partial charge on any atom is -0.476 e. The van der Waals surface area contributed by atoms with Crippen molar-refractivity contribution in [1.29, 1.82) is 0 Å². The van der Waals surface area contributed by atoms with E-state index < -0.39 is 50.2 Å². The number of nitrogens with zero attached hydrogens (tertiary/aromatic N) is 5. The zero-order valence-electron chi connectivity index (χ0n) is 27.2. The lowest BCUT2D eigenvalue weighted by Crippen LogP contribution is -2.47. The smallest absolute Gasteiger partial charge is 0.459 e. The molecule has 0 spiro atoms. The summed E-state index contributed by atoms with van der Waals surface area (Å²) in [6.07, 6.45) is -1.69. The third-order valence-electron chi connectivity index (χ3n) is 7.28. The minimum atomic E-state index is -4.73. The van der Waals surface area contributed by atoms with Crippen molar-refractivity contribution in [2.45, 2.75) is 71.4 Å². The minimum absolute atomic E-state index is 0.00986. The molecule has 3 aromatic heterocycles. The van der Waals surface area contributed by atoms with E-state index in [9.17, 15) is 14.5 Å². The Bertz CT molecular complexity index is 1850. The van der Waals surface area contributed by atoms with Gasteiger partial charge >= 0.3 is 13.7 Å². The molecule has 0 radical (unpaired) electrons. The van der Waals surface area contributed by atoms with Gasteiger partial charge in [-0.15, -0.1) is 0 Å². The van der Waals surface area contributed by atoms with Crippen LogP contribution in [0.15, 0.2) is 42.9 Å². The molecule has 1 aliphatic rings. The van der Waals surface area contributed by atoms with Crippen molar-refractivity contribution in [3.63, 3.8) is 0 Å². The van der Waals surface area contributed by atoms with Gasteiger partial charge in [0.25, 0.3) is 5.85 Å². The van der Waals surface area contributed by atoms with Crippen molar-refractivity contribution in [1.82, 2.24) is 29.6 Å². The molecular weight excluding hydrogens is 655 g/mol. The molecule has 18 heteroatoms. The fourth-order valence-corrected chi connectivity index (χ4v) is 6.45. The number of rotatable bonds is 12. The number of anilines is 1. The number of carbonyl (C=O) groups is 1. The SMILES string of the molecule is CCOc1nc(N)nc2c1ncn2C1O[C@](F)(COP(=O)(NC(C)C(=O)OCC(C)(C)C)Oc2cccc3ncccc23)[C@@H](O)[C@@]1(C)F. The van der Waals surface area contributed by atoms with Crippen molar-refractivity contribution < 1.29 is 46.5 Å². The Hall–Kier alpha value is -4.02. The highest BCUT2D eigenvalue weighted by Gasteiger charge is 2.65. The van der Waals surface area contributed by atoms with Crippen molar-refractivity contribution in [3.05, 3.63) is 42.9 Å². The van der Waals surface area contributed by atoms with Crippen LogP contribution >= 0.6 is 7.75 Å². The van der Waals surface area contributed by atoms with E-state index in [1.54, 1.807) is 37.4 Å². The van der Waals surface area contributed by atoms with Gasteiger partial charge in [-0.25, -0.2) is 18.3 Å². The van der Waals surface area contributed by atoms with Crippen LogP contribution in [0.2, 0.25) is 0 Å². The van der Waals surface area contributed by atoms with E-state index in [0.717, 1.165) is 17.8 Å². The van der Waals surface area contributed by atoms with Gasteiger partial charge in [0.2, 0.25) is 11.8 Å². The summed E-state index contributed by atoms with van der Waals surface area (Å²) in [5.41, 5.74) is 3.15. The molecule has 4 N–H and O–H groups in total. The monoisotopic (exact) mass is 693 g/mol. The van der Waals surface area contributed by atoms with Gasteiger partial charge < -0.3 is 29.6 Å². The second-order valence-corrected chi connectivity index (χ2v) is 14.4. The number of nitrogens with two attached hydrogens (primary N) is 1. The number of imidazole rings is 1.